The molecule has 7 nitrogen and oxygen atoms in total. The molecule has 35 heavy (non-hydrogen) atoms. The normalized spacial score (nSPS) is 14.2. The Morgan fingerprint density at radius 3 is 2.54 bits per heavy atom. The number of thioether (sulfide) groups is 1. The first kappa shape index (κ1) is 25.0. The van der Waals surface area contributed by atoms with Crippen LogP contribution in [0.3, 0.4) is 0 Å². The van der Waals surface area contributed by atoms with Crippen molar-refractivity contribution in [2.45, 2.75) is 38.9 Å². The summed E-state index contributed by atoms with van der Waals surface area (Å²) in [6.07, 6.45) is 3.12. The summed E-state index contributed by atoms with van der Waals surface area (Å²) in [4.78, 5) is 34.0. The van der Waals surface area contributed by atoms with E-state index >= 15 is 0 Å². The second-order valence-electron chi connectivity index (χ2n) is 8.72. The zero-order chi connectivity index (χ0) is 24.8. The number of ether oxygens (including phenoxy) is 1. The van der Waals surface area contributed by atoms with E-state index in [1.54, 1.807) is 24.0 Å². The van der Waals surface area contributed by atoms with Crippen LogP contribution in [0.25, 0.3) is 0 Å². The fraction of sp³-hybridized carbons (Fsp3) is 0.370. The zero-order valence-electron chi connectivity index (χ0n) is 20.5. The number of amides is 1. The average Bonchev–Trinajstić information content (AvgIpc) is 2.84. The number of piperazine rings is 1. The SMILES string of the molecule is CCSc1ncccc1C(=O)N1CCN(Cc2cc(=O)c(OCc3cc(C)cc(C)c3)co2)CC1. The predicted molar refractivity (Wildman–Crippen MR) is 137 cm³/mol. The summed E-state index contributed by atoms with van der Waals surface area (Å²) < 4.78 is 11.4. The highest BCUT2D eigenvalue weighted by Crippen LogP contribution is 2.22. The Morgan fingerprint density at radius 2 is 1.86 bits per heavy atom. The molecule has 0 atom stereocenters. The molecule has 2 aromatic heterocycles. The van der Waals surface area contributed by atoms with Crippen LogP contribution >= 0.6 is 11.8 Å². The molecule has 0 unspecified atom stereocenters. The Kier molecular flexibility index (Phi) is 8.25. The van der Waals surface area contributed by atoms with Gasteiger partial charge in [0.05, 0.1) is 12.1 Å². The number of nitrogens with zero attached hydrogens (tertiary/aromatic N) is 3. The van der Waals surface area contributed by atoms with Crippen molar-refractivity contribution in [3.05, 3.63) is 87.1 Å². The molecule has 1 aliphatic rings. The van der Waals surface area contributed by atoms with Crippen LogP contribution in [-0.4, -0.2) is 52.6 Å². The van der Waals surface area contributed by atoms with E-state index in [1.807, 2.05) is 43.9 Å². The summed E-state index contributed by atoms with van der Waals surface area (Å²) in [5.74, 6) is 1.68. The lowest BCUT2D eigenvalue weighted by molar-refractivity contribution is 0.0615. The molecule has 184 valence electrons. The molecule has 0 radical (unpaired) electrons. The lowest BCUT2D eigenvalue weighted by atomic mass is 10.1. The molecule has 1 fully saturated rings. The highest BCUT2D eigenvalue weighted by molar-refractivity contribution is 7.99. The number of hydrogen-bond donors (Lipinski definition) is 0. The first-order valence-corrected chi connectivity index (χ1v) is 12.8. The fourth-order valence-corrected chi connectivity index (χ4v) is 4.96. The number of rotatable bonds is 8. The smallest absolute Gasteiger partial charge is 0.256 e. The number of aromatic nitrogens is 1. The lowest BCUT2D eigenvalue weighted by Gasteiger charge is -2.34. The van der Waals surface area contributed by atoms with Gasteiger partial charge < -0.3 is 14.1 Å². The van der Waals surface area contributed by atoms with Gasteiger partial charge in [0.25, 0.3) is 5.91 Å². The third-order valence-electron chi connectivity index (χ3n) is 5.85. The number of carbonyl (C=O) groups excluding carboxylic acids is 1. The summed E-state index contributed by atoms with van der Waals surface area (Å²) in [5.41, 5.74) is 3.81. The van der Waals surface area contributed by atoms with Crippen molar-refractivity contribution in [1.29, 1.82) is 0 Å². The molecular formula is C27H31N3O4S. The van der Waals surface area contributed by atoms with Gasteiger partial charge in [-0.2, -0.15) is 0 Å². The highest BCUT2D eigenvalue weighted by Gasteiger charge is 2.24. The van der Waals surface area contributed by atoms with Crippen molar-refractivity contribution < 1.29 is 13.9 Å². The van der Waals surface area contributed by atoms with Gasteiger partial charge in [-0.1, -0.05) is 36.2 Å². The Morgan fingerprint density at radius 1 is 1.11 bits per heavy atom. The quantitative estimate of drug-likeness (QED) is 0.433. The van der Waals surface area contributed by atoms with E-state index < -0.39 is 0 Å². The Balaban J connectivity index is 1.31. The number of carbonyl (C=O) groups is 1. The van der Waals surface area contributed by atoms with E-state index in [9.17, 15) is 9.59 Å². The van der Waals surface area contributed by atoms with Crippen molar-refractivity contribution in [2.75, 3.05) is 31.9 Å². The molecule has 4 rings (SSSR count). The van der Waals surface area contributed by atoms with Gasteiger partial charge >= 0.3 is 0 Å². The van der Waals surface area contributed by atoms with Gasteiger partial charge in [-0.3, -0.25) is 14.5 Å². The Hall–Kier alpha value is -3.10. The first-order chi connectivity index (χ1) is 16.9. The molecule has 1 amide bonds. The van der Waals surface area contributed by atoms with Crippen molar-refractivity contribution in [2.24, 2.45) is 0 Å². The fourth-order valence-electron chi connectivity index (χ4n) is 4.25. The van der Waals surface area contributed by atoms with Crippen LogP contribution < -0.4 is 10.2 Å². The zero-order valence-corrected chi connectivity index (χ0v) is 21.3. The molecule has 1 saturated heterocycles. The predicted octanol–water partition coefficient (Wildman–Crippen LogP) is 4.30. The average molecular weight is 494 g/mol. The van der Waals surface area contributed by atoms with Crippen LogP contribution in [0.4, 0.5) is 0 Å². The standard InChI is InChI=1S/C27H31N3O4S/c1-4-35-26-23(6-5-7-28-26)27(32)30-10-8-29(9-11-30)16-22-15-24(31)25(18-33-22)34-17-21-13-19(2)12-20(3)14-21/h5-7,12-15,18H,4,8-11,16-17H2,1-3H3. The van der Waals surface area contributed by atoms with Crippen LogP contribution in [0.5, 0.6) is 5.75 Å². The van der Waals surface area contributed by atoms with Gasteiger partial charge in [-0.05, 0) is 37.3 Å². The topological polar surface area (TPSA) is 75.9 Å². The van der Waals surface area contributed by atoms with Crippen molar-refractivity contribution in [3.8, 4) is 5.75 Å². The summed E-state index contributed by atoms with van der Waals surface area (Å²) >= 11 is 1.58. The van der Waals surface area contributed by atoms with E-state index in [0.717, 1.165) is 27.5 Å². The van der Waals surface area contributed by atoms with Gasteiger partial charge in [0.15, 0.2) is 0 Å². The maximum atomic E-state index is 13.0. The molecule has 3 aromatic rings. The molecule has 0 bridgehead atoms. The number of pyridine rings is 1. The molecule has 0 saturated carbocycles. The van der Waals surface area contributed by atoms with Gasteiger partial charge in [-0.15, -0.1) is 11.8 Å². The molecule has 0 spiro atoms. The first-order valence-electron chi connectivity index (χ1n) is 11.8. The summed E-state index contributed by atoms with van der Waals surface area (Å²) in [6.45, 7) is 9.60. The molecule has 1 aromatic carbocycles. The van der Waals surface area contributed by atoms with Crippen molar-refractivity contribution >= 4 is 17.7 Å². The van der Waals surface area contributed by atoms with Crippen LogP contribution in [0, 0.1) is 13.8 Å². The van der Waals surface area contributed by atoms with Crippen LogP contribution in [0.15, 0.2) is 63.1 Å². The summed E-state index contributed by atoms with van der Waals surface area (Å²) in [5, 5.41) is 0.782. The Bertz CT molecular complexity index is 1210. The number of hydrogen-bond acceptors (Lipinski definition) is 7. The molecule has 1 aliphatic heterocycles. The van der Waals surface area contributed by atoms with Crippen LogP contribution in [0.2, 0.25) is 0 Å². The van der Waals surface area contributed by atoms with E-state index in [1.165, 1.54) is 12.3 Å². The number of benzene rings is 1. The van der Waals surface area contributed by atoms with Crippen molar-refractivity contribution in [1.82, 2.24) is 14.8 Å². The lowest BCUT2D eigenvalue weighted by Crippen LogP contribution is -2.48. The minimum Gasteiger partial charge on any atom is -0.482 e. The van der Waals surface area contributed by atoms with Crippen LogP contribution in [-0.2, 0) is 13.2 Å². The molecular weight excluding hydrogens is 462 g/mol. The van der Waals surface area contributed by atoms with Gasteiger partial charge in [0.1, 0.15) is 23.7 Å². The van der Waals surface area contributed by atoms with Gasteiger partial charge in [-0.25, -0.2) is 4.98 Å². The second kappa shape index (κ2) is 11.6. The van der Waals surface area contributed by atoms with Gasteiger partial charge in [0, 0.05) is 38.4 Å². The maximum absolute atomic E-state index is 13.0. The largest absolute Gasteiger partial charge is 0.482 e. The minimum absolute atomic E-state index is 0.0190. The third kappa shape index (κ3) is 6.52. The third-order valence-corrected chi connectivity index (χ3v) is 6.74. The van der Waals surface area contributed by atoms with E-state index in [2.05, 4.69) is 16.0 Å². The van der Waals surface area contributed by atoms with Gasteiger partial charge in [0.2, 0.25) is 11.2 Å². The highest BCUT2D eigenvalue weighted by atomic mass is 32.2. The van der Waals surface area contributed by atoms with E-state index in [4.69, 9.17) is 9.15 Å². The molecule has 0 N–H and O–H groups in total. The second-order valence-corrected chi connectivity index (χ2v) is 9.97. The molecule has 3 heterocycles. The summed E-state index contributed by atoms with van der Waals surface area (Å²) in [6, 6.07) is 11.3. The molecule has 0 aliphatic carbocycles. The number of aryl methyl sites for hydroxylation is 2. The van der Waals surface area contributed by atoms with Crippen molar-refractivity contribution in [3.63, 3.8) is 0 Å². The van der Waals surface area contributed by atoms with Crippen LogP contribution in [0.1, 0.15) is 39.7 Å². The Labute approximate surface area is 210 Å². The van der Waals surface area contributed by atoms with E-state index in [-0.39, 0.29) is 17.1 Å². The minimum atomic E-state index is -0.193. The monoisotopic (exact) mass is 493 g/mol. The molecule has 8 heteroatoms. The summed E-state index contributed by atoms with van der Waals surface area (Å²) in [7, 11) is 0. The van der Waals surface area contributed by atoms with E-state index in [0.29, 0.717) is 50.7 Å². The maximum Gasteiger partial charge on any atom is 0.256 e.